The highest BCUT2D eigenvalue weighted by Crippen LogP contribution is 2.24. The minimum atomic E-state index is -1.77. The molecular formula is C12H13FN2O6. The number of carboxylic acid groups (broad SMARTS) is 1. The number of alkyl halides is 1. The lowest BCUT2D eigenvalue weighted by molar-refractivity contribution is -0.385. The van der Waals surface area contributed by atoms with E-state index in [9.17, 15) is 24.1 Å². The number of hydrogen-bond acceptors (Lipinski definition) is 5. The summed E-state index contributed by atoms with van der Waals surface area (Å²) in [6.45, 7) is 0.631. The number of nitro benzene ring substituents is 1. The molecule has 0 bridgehead atoms. The molecule has 1 atom stereocenters. The highest BCUT2D eigenvalue weighted by atomic mass is 19.1. The Kier molecular flexibility index (Phi) is 5.58. The van der Waals surface area contributed by atoms with Crippen LogP contribution in [-0.4, -0.2) is 41.2 Å². The number of nitrogens with zero attached hydrogens (tertiary/aromatic N) is 1. The molecule has 0 aliphatic carbocycles. The molecule has 1 aromatic rings. The van der Waals surface area contributed by atoms with Gasteiger partial charge in [-0.1, -0.05) is 0 Å². The minimum absolute atomic E-state index is 0.209. The molecule has 1 amide bonds. The second-order valence-electron chi connectivity index (χ2n) is 3.89. The van der Waals surface area contributed by atoms with Gasteiger partial charge in [-0.2, -0.15) is 0 Å². The Balaban J connectivity index is 3.12. The van der Waals surface area contributed by atoms with E-state index in [1.807, 2.05) is 5.32 Å². The van der Waals surface area contributed by atoms with Gasteiger partial charge >= 0.3 is 5.97 Å². The van der Waals surface area contributed by atoms with E-state index in [1.54, 1.807) is 6.92 Å². The number of rotatable bonds is 7. The predicted octanol–water partition coefficient (Wildman–Crippen LogP) is 1.15. The molecule has 0 fully saturated rings. The summed E-state index contributed by atoms with van der Waals surface area (Å²) in [5.74, 6) is -2.43. The second kappa shape index (κ2) is 7.17. The molecule has 0 aromatic heterocycles. The monoisotopic (exact) mass is 300 g/mol. The minimum Gasteiger partial charge on any atom is -0.494 e. The molecule has 21 heavy (non-hydrogen) atoms. The molecule has 0 aliphatic rings. The fraction of sp³-hybridized carbons (Fsp3) is 0.333. The molecule has 8 nitrogen and oxygen atoms in total. The summed E-state index contributed by atoms with van der Waals surface area (Å²) < 4.78 is 17.6. The Bertz CT molecular complexity index is 563. The van der Waals surface area contributed by atoms with Crippen LogP contribution in [0.15, 0.2) is 18.2 Å². The number of benzene rings is 1. The first-order valence-electron chi connectivity index (χ1n) is 5.91. The van der Waals surface area contributed by atoms with Crippen LogP contribution < -0.4 is 10.1 Å². The van der Waals surface area contributed by atoms with Gasteiger partial charge < -0.3 is 15.2 Å². The van der Waals surface area contributed by atoms with Crippen molar-refractivity contribution < 1.29 is 28.7 Å². The Morgan fingerprint density at radius 3 is 2.67 bits per heavy atom. The Morgan fingerprint density at radius 2 is 2.19 bits per heavy atom. The first-order valence-corrected chi connectivity index (χ1v) is 5.91. The maximum atomic E-state index is 12.5. The number of halogens is 1. The van der Waals surface area contributed by atoms with Gasteiger partial charge in [-0.05, 0) is 19.1 Å². The van der Waals surface area contributed by atoms with Gasteiger partial charge in [0.05, 0.1) is 11.5 Å². The van der Waals surface area contributed by atoms with E-state index in [1.165, 1.54) is 6.07 Å². The van der Waals surface area contributed by atoms with Gasteiger partial charge in [0.2, 0.25) is 0 Å². The summed E-state index contributed by atoms with van der Waals surface area (Å²) in [6.07, 6.45) is 0. The van der Waals surface area contributed by atoms with Gasteiger partial charge in [-0.25, -0.2) is 9.18 Å². The highest BCUT2D eigenvalue weighted by Gasteiger charge is 2.26. The lowest BCUT2D eigenvalue weighted by atomic mass is 10.1. The van der Waals surface area contributed by atoms with E-state index in [-0.39, 0.29) is 12.4 Å². The molecule has 0 saturated heterocycles. The molecule has 0 spiro atoms. The summed E-state index contributed by atoms with van der Waals surface area (Å²) in [5.41, 5.74) is -0.926. The highest BCUT2D eigenvalue weighted by molar-refractivity contribution is 6.00. The number of carboxylic acids is 1. The van der Waals surface area contributed by atoms with Crippen LogP contribution in [0.1, 0.15) is 17.3 Å². The molecule has 0 radical (unpaired) electrons. The number of nitro groups is 1. The van der Waals surface area contributed by atoms with Crippen molar-refractivity contribution in [3.05, 3.63) is 33.9 Å². The molecular weight excluding hydrogens is 287 g/mol. The Labute approximate surface area is 118 Å². The van der Waals surface area contributed by atoms with Gasteiger partial charge in [0, 0.05) is 6.07 Å². The predicted molar refractivity (Wildman–Crippen MR) is 69.1 cm³/mol. The van der Waals surface area contributed by atoms with Crippen molar-refractivity contribution in [1.82, 2.24) is 5.32 Å². The number of hydrogen-bond donors (Lipinski definition) is 2. The molecule has 0 aliphatic heterocycles. The largest absolute Gasteiger partial charge is 0.494 e. The molecule has 0 saturated carbocycles. The van der Waals surface area contributed by atoms with E-state index in [2.05, 4.69) is 0 Å². The average Bonchev–Trinajstić information content (AvgIpc) is 2.44. The SMILES string of the molecule is CCOc1ccc([N+](=O)[O-])c(C(=O)NC(CF)C(=O)O)c1. The van der Waals surface area contributed by atoms with E-state index in [0.29, 0.717) is 0 Å². The van der Waals surface area contributed by atoms with Crippen LogP contribution in [0.2, 0.25) is 0 Å². The molecule has 1 unspecified atom stereocenters. The molecule has 1 rings (SSSR count). The van der Waals surface area contributed by atoms with Crippen LogP contribution in [0, 0.1) is 10.1 Å². The van der Waals surface area contributed by atoms with Gasteiger partial charge in [0.15, 0.2) is 6.04 Å². The number of nitrogens with one attached hydrogen (secondary N) is 1. The summed E-state index contributed by atoms with van der Waals surface area (Å²) in [7, 11) is 0. The summed E-state index contributed by atoms with van der Waals surface area (Å²) in [5, 5.41) is 21.4. The third-order valence-corrected chi connectivity index (χ3v) is 2.48. The van der Waals surface area contributed by atoms with E-state index < -0.39 is 40.8 Å². The molecule has 2 N–H and O–H groups in total. The smallest absolute Gasteiger partial charge is 0.328 e. The van der Waals surface area contributed by atoms with E-state index in [0.717, 1.165) is 12.1 Å². The van der Waals surface area contributed by atoms with E-state index >= 15 is 0 Å². The third-order valence-electron chi connectivity index (χ3n) is 2.48. The van der Waals surface area contributed by atoms with Crippen LogP contribution in [0.4, 0.5) is 10.1 Å². The molecule has 9 heteroatoms. The zero-order valence-corrected chi connectivity index (χ0v) is 11.0. The fourth-order valence-corrected chi connectivity index (χ4v) is 1.51. The summed E-state index contributed by atoms with van der Waals surface area (Å²) >= 11 is 0. The number of carbonyl (C=O) groups is 2. The van der Waals surface area contributed by atoms with Crippen LogP contribution >= 0.6 is 0 Å². The zero-order valence-electron chi connectivity index (χ0n) is 11.0. The molecule has 114 valence electrons. The third kappa shape index (κ3) is 4.13. The summed E-state index contributed by atoms with van der Waals surface area (Å²) in [4.78, 5) is 32.7. The Morgan fingerprint density at radius 1 is 1.52 bits per heavy atom. The van der Waals surface area contributed by atoms with Crippen LogP contribution in [-0.2, 0) is 4.79 Å². The number of ether oxygens (including phenoxy) is 1. The number of carbonyl (C=O) groups excluding carboxylic acids is 1. The fourth-order valence-electron chi connectivity index (χ4n) is 1.51. The lowest BCUT2D eigenvalue weighted by Gasteiger charge is -2.11. The van der Waals surface area contributed by atoms with Crippen molar-refractivity contribution in [2.45, 2.75) is 13.0 Å². The van der Waals surface area contributed by atoms with Crippen molar-refractivity contribution in [3.8, 4) is 5.75 Å². The van der Waals surface area contributed by atoms with Crippen molar-refractivity contribution in [1.29, 1.82) is 0 Å². The number of aliphatic carboxylic acids is 1. The molecule has 1 aromatic carbocycles. The first-order chi connectivity index (χ1) is 9.90. The maximum Gasteiger partial charge on any atom is 0.328 e. The molecule has 0 heterocycles. The van der Waals surface area contributed by atoms with E-state index in [4.69, 9.17) is 9.84 Å². The van der Waals surface area contributed by atoms with Crippen molar-refractivity contribution in [3.63, 3.8) is 0 Å². The Hall–Kier alpha value is -2.71. The average molecular weight is 300 g/mol. The maximum absolute atomic E-state index is 12.5. The zero-order chi connectivity index (χ0) is 16.0. The second-order valence-corrected chi connectivity index (χ2v) is 3.89. The van der Waals surface area contributed by atoms with Gasteiger partial charge in [0.1, 0.15) is 18.0 Å². The normalized spacial score (nSPS) is 11.5. The summed E-state index contributed by atoms with van der Waals surface area (Å²) in [6, 6.07) is 1.70. The van der Waals surface area contributed by atoms with Crippen molar-refractivity contribution in [2.75, 3.05) is 13.3 Å². The van der Waals surface area contributed by atoms with Crippen LogP contribution in [0.25, 0.3) is 0 Å². The number of amides is 1. The first kappa shape index (κ1) is 16.3. The van der Waals surface area contributed by atoms with Crippen molar-refractivity contribution >= 4 is 17.6 Å². The van der Waals surface area contributed by atoms with Crippen LogP contribution in [0.3, 0.4) is 0 Å². The lowest BCUT2D eigenvalue weighted by Crippen LogP contribution is -2.42. The van der Waals surface area contributed by atoms with Gasteiger partial charge in [-0.15, -0.1) is 0 Å². The quantitative estimate of drug-likeness (QED) is 0.576. The standard InChI is InChI=1S/C12H13FN2O6/c1-2-21-7-3-4-10(15(19)20)8(5-7)11(16)14-9(6-13)12(17)18/h3-5,9H,2,6H2,1H3,(H,14,16)(H,17,18). The topological polar surface area (TPSA) is 119 Å². The van der Waals surface area contributed by atoms with Crippen LogP contribution in [0.5, 0.6) is 5.75 Å². The van der Waals surface area contributed by atoms with Gasteiger partial charge in [0.25, 0.3) is 11.6 Å². The van der Waals surface area contributed by atoms with Gasteiger partial charge in [-0.3, -0.25) is 14.9 Å². The van der Waals surface area contributed by atoms with Crippen molar-refractivity contribution in [2.24, 2.45) is 0 Å².